The monoisotopic (exact) mass is 280 g/mol. The van der Waals surface area contributed by atoms with Crippen molar-refractivity contribution in [2.75, 3.05) is 5.32 Å². The summed E-state index contributed by atoms with van der Waals surface area (Å²) in [7, 11) is 0. The van der Waals surface area contributed by atoms with Gasteiger partial charge in [-0.05, 0) is 26.0 Å². The van der Waals surface area contributed by atoms with E-state index in [2.05, 4.69) is 15.4 Å². The summed E-state index contributed by atoms with van der Waals surface area (Å²) in [5, 5.41) is 16.2. The fraction of sp³-hybridized carbons (Fsp3) is 0.250. The first kappa shape index (κ1) is 13.4. The Morgan fingerprint density at radius 2 is 2.21 bits per heavy atom. The van der Waals surface area contributed by atoms with E-state index in [-0.39, 0.29) is 16.8 Å². The second-order valence-electron chi connectivity index (χ2n) is 4.26. The molecule has 2 aromatic rings. The van der Waals surface area contributed by atoms with Gasteiger partial charge in [0.15, 0.2) is 5.69 Å². The predicted octanol–water partition coefficient (Wildman–Crippen LogP) is 2.95. The van der Waals surface area contributed by atoms with Gasteiger partial charge < -0.3 is 10.4 Å². The number of rotatable bonds is 4. The molecule has 7 heteroatoms. The minimum Gasteiger partial charge on any atom is -0.476 e. The maximum absolute atomic E-state index is 10.9. The summed E-state index contributed by atoms with van der Waals surface area (Å²) in [5.74, 6) is -0.753. The predicted molar refractivity (Wildman–Crippen MR) is 72.1 cm³/mol. The van der Waals surface area contributed by atoms with Crippen molar-refractivity contribution in [3.05, 3.63) is 35.2 Å². The van der Waals surface area contributed by atoms with Crippen molar-refractivity contribution in [2.24, 2.45) is 0 Å². The van der Waals surface area contributed by atoms with Crippen LogP contribution in [0.15, 0.2) is 24.5 Å². The van der Waals surface area contributed by atoms with Gasteiger partial charge in [0.2, 0.25) is 0 Å². The van der Waals surface area contributed by atoms with Gasteiger partial charge in [-0.1, -0.05) is 11.6 Å². The molecule has 0 saturated heterocycles. The fourth-order valence-corrected chi connectivity index (χ4v) is 1.68. The first-order chi connectivity index (χ1) is 8.97. The molecular weight excluding hydrogens is 268 g/mol. The molecular formula is C12H13ClN4O2. The third-order valence-corrected chi connectivity index (χ3v) is 2.76. The molecule has 0 radical (unpaired) electrons. The summed E-state index contributed by atoms with van der Waals surface area (Å²) < 4.78 is 1.79. The number of hydrogen-bond donors (Lipinski definition) is 2. The van der Waals surface area contributed by atoms with Crippen molar-refractivity contribution >= 4 is 29.1 Å². The van der Waals surface area contributed by atoms with E-state index in [1.807, 2.05) is 20.0 Å². The van der Waals surface area contributed by atoms with E-state index in [9.17, 15) is 4.79 Å². The molecule has 19 heavy (non-hydrogen) atoms. The highest BCUT2D eigenvalue weighted by Crippen LogP contribution is 2.20. The normalized spacial score (nSPS) is 10.7. The fourth-order valence-electron chi connectivity index (χ4n) is 1.49. The Kier molecular flexibility index (Phi) is 3.71. The van der Waals surface area contributed by atoms with E-state index in [0.717, 1.165) is 5.69 Å². The molecule has 0 spiro atoms. The van der Waals surface area contributed by atoms with Crippen molar-refractivity contribution in [2.45, 2.75) is 19.9 Å². The molecule has 0 unspecified atom stereocenters. The van der Waals surface area contributed by atoms with Crippen LogP contribution in [-0.2, 0) is 0 Å². The number of anilines is 2. The zero-order valence-electron chi connectivity index (χ0n) is 10.5. The number of pyridine rings is 1. The molecule has 0 bridgehead atoms. The smallest absolute Gasteiger partial charge is 0.356 e. The van der Waals surface area contributed by atoms with Gasteiger partial charge >= 0.3 is 5.97 Å². The third kappa shape index (κ3) is 3.03. The number of carboxylic acid groups (broad SMARTS) is 1. The van der Waals surface area contributed by atoms with E-state index in [1.165, 1.54) is 6.07 Å². The lowest BCUT2D eigenvalue weighted by atomic mass is 10.3. The summed E-state index contributed by atoms with van der Waals surface area (Å²) in [5.41, 5.74) is 0.558. The zero-order chi connectivity index (χ0) is 14.0. The quantitative estimate of drug-likeness (QED) is 0.900. The zero-order valence-corrected chi connectivity index (χ0v) is 11.2. The molecule has 0 fully saturated rings. The van der Waals surface area contributed by atoms with Crippen LogP contribution in [-0.4, -0.2) is 25.8 Å². The molecule has 2 rings (SSSR count). The Hall–Kier alpha value is -2.08. The number of aromatic nitrogens is 3. The largest absolute Gasteiger partial charge is 0.476 e. The van der Waals surface area contributed by atoms with Crippen LogP contribution in [0.1, 0.15) is 30.4 Å². The highest BCUT2D eigenvalue weighted by Gasteiger charge is 2.12. The minimum atomic E-state index is -1.16. The van der Waals surface area contributed by atoms with Crippen LogP contribution < -0.4 is 5.32 Å². The van der Waals surface area contributed by atoms with E-state index in [4.69, 9.17) is 16.7 Å². The van der Waals surface area contributed by atoms with Crippen molar-refractivity contribution < 1.29 is 9.90 Å². The van der Waals surface area contributed by atoms with Crippen LogP contribution in [0.2, 0.25) is 5.02 Å². The summed E-state index contributed by atoms with van der Waals surface area (Å²) in [6, 6.07) is 3.36. The summed E-state index contributed by atoms with van der Waals surface area (Å²) in [6.07, 6.45) is 3.47. The summed E-state index contributed by atoms with van der Waals surface area (Å²) >= 11 is 5.75. The van der Waals surface area contributed by atoms with Crippen LogP contribution in [0.5, 0.6) is 0 Å². The standard InChI is InChI=1S/C12H13ClN4O2/c1-7(2)17-6-8(5-14-17)15-10-4-3-9(13)11(16-10)12(18)19/h3-7H,1-2H3,(H,15,16)(H,18,19). The first-order valence-electron chi connectivity index (χ1n) is 5.68. The highest BCUT2D eigenvalue weighted by atomic mass is 35.5. The Bertz CT molecular complexity index is 610. The van der Waals surface area contributed by atoms with Crippen molar-refractivity contribution in [1.82, 2.24) is 14.8 Å². The van der Waals surface area contributed by atoms with Crippen LogP contribution >= 0.6 is 11.6 Å². The molecule has 2 N–H and O–H groups in total. The minimum absolute atomic E-state index is 0.107. The van der Waals surface area contributed by atoms with Gasteiger partial charge in [-0.2, -0.15) is 5.10 Å². The Morgan fingerprint density at radius 1 is 1.47 bits per heavy atom. The number of carbonyl (C=O) groups is 1. The topological polar surface area (TPSA) is 80.0 Å². The van der Waals surface area contributed by atoms with Crippen LogP contribution in [0.4, 0.5) is 11.5 Å². The molecule has 2 aromatic heterocycles. The average molecular weight is 281 g/mol. The Labute approximate surface area is 115 Å². The van der Waals surface area contributed by atoms with E-state index >= 15 is 0 Å². The molecule has 0 atom stereocenters. The number of halogens is 1. The number of nitrogens with one attached hydrogen (secondary N) is 1. The number of nitrogens with zero attached hydrogens (tertiary/aromatic N) is 3. The lowest BCUT2D eigenvalue weighted by Crippen LogP contribution is -2.04. The second kappa shape index (κ2) is 5.27. The lowest BCUT2D eigenvalue weighted by Gasteiger charge is -2.05. The first-order valence-corrected chi connectivity index (χ1v) is 6.06. The summed E-state index contributed by atoms with van der Waals surface area (Å²) in [6.45, 7) is 4.03. The third-order valence-electron chi connectivity index (χ3n) is 2.45. The maximum Gasteiger partial charge on any atom is 0.356 e. The van der Waals surface area contributed by atoms with Crippen molar-refractivity contribution in [1.29, 1.82) is 0 Å². The van der Waals surface area contributed by atoms with Crippen LogP contribution in [0.3, 0.4) is 0 Å². The SMILES string of the molecule is CC(C)n1cc(Nc2ccc(Cl)c(C(=O)O)n2)cn1. The van der Waals surface area contributed by atoms with Gasteiger partial charge in [-0.15, -0.1) is 0 Å². The van der Waals surface area contributed by atoms with Gasteiger partial charge in [-0.3, -0.25) is 4.68 Å². The van der Waals surface area contributed by atoms with Crippen molar-refractivity contribution in [3.63, 3.8) is 0 Å². The van der Waals surface area contributed by atoms with E-state index < -0.39 is 5.97 Å². The van der Waals surface area contributed by atoms with Crippen LogP contribution in [0.25, 0.3) is 0 Å². The Balaban J connectivity index is 2.23. The van der Waals surface area contributed by atoms with Crippen molar-refractivity contribution in [3.8, 4) is 0 Å². The van der Waals surface area contributed by atoms with E-state index in [1.54, 1.807) is 16.9 Å². The lowest BCUT2D eigenvalue weighted by molar-refractivity contribution is 0.0691. The molecule has 0 aliphatic rings. The maximum atomic E-state index is 10.9. The number of hydrogen-bond acceptors (Lipinski definition) is 4. The molecule has 0 aliphatic carbocycles. The highest BCUT2D eigenvalue weighted by molar-refractivity contribution is 6.33. The van der Waals surface area contributed by atoms with Gasteiger partial charge in [0, 0.05) is 12.2 Å². The van der Waals surface area contributed by atoms with Gasteiger partial charge in [0.1, 0.15) is 5.82 Å². The van der Waals surface area contributed by atoms with Crippen LogP contribution in [0, 0.1) is 0 Å². The van der Waals surface area contributed by atoms with Gasteiger partial charge in [-0.25, -0.2) is 9.78 Å². The van der Waals surface area contributed by atoms with Gasteiger partial charge in [0.25, 0.3) is 0 Å². The van der Waals surface area contributed by atoms with E-state index in [0.29, 0.717) is 5.82 Å². The molecule has 0 aromatic carbocycles. The second-order valence-corrected chi connectivity index (χ2v) is 4.67. The molecule has 2 heterocycles. The number of carboxylic acids is 1. The summed E-state index contributed by atoms with van der Waals surface area (Å²) in [4.78, 5) is 14.9. The molecule has 6 nitrogen and oxygen atoms in total. The molecule has 0 saturated carbocycles. The molecule has 0 aliphatic heterocycles. The average Bonchev–Trinajstić information content (AvgIpc) is 2.80. The van der Waals surface area contributed by atoms with Gasteiger partial charge in [0.05, 0.1) is 16.9 Å². The molecule has 0 amide bonds. The number of aromatic carboxylic acids is 1. The molecule has 100 valence electrons. The Morgan fingerprint density at radius 3 is 2.79 bits per heavy atom.